The molecule has 0 aliphatic carbocycles. The molecule has 20 heavy (non-hydrogen) atoms. The zero-order valence-electron chi connectivity index (χ0n) is 10.5. The molecule has 0 amide bonds. The SMILES string of the molecule is C=C[Si](CC)(C(C)C(F)(F)F)C(C(F)(F)F)C(F)(F)F. The summed E-state index contributed by atoms with van der Waals surface area (Å²) in [5.41, 5.74) is -6.43. The molecule has 0 heterocycles. The summed E-state index contributed by atoms with van der Waals surface area (Å²) in [5.74, 6) is 0. The number of alkyl halides is 9. The highest BCUT2D eigenvalue weighted by Crippen LogP contribution is 2.57. The van der Waals surface area contributed by atoms with Gasteiger partial charge in [0.25, 0.3) is 0 Å². The van der Waals surface area contributed by atoms with E-state index in [9.17, 15) is 39.5 Å². The highest BCUT2D eigenvalue weighted by Gasteiger charge is 2.70. The Morgan fingerprint density at radius 2 is 1.25 bits per heavy atom. The Morgan fingerprint density at radius 3 is 1.40 bits per heavy atom. The largest absolute Gasteiger partial charge is 0.398 e. The lowest BCUT2D eigenvalue weighted by Gasteiger charge is -2.42. The monoisotopic (exact) mass is 332 g/mol. The third kappa shape index (κ3) is 3.70. The zero-order chi connectivity index (χ0) is 16.6. The Hall–Kier alpha value is -0.673. The van der Waals surface area contributed by atoms with Gasteiger partial charge < -0.3 is 0 Å². The normalized spacial score (nSPS) is 18.8. The van der Waals surface area contributed by atoms with Gasteiger partial charge >= 0.3 is 18.5 Å². The van der Waals surface area contributed by atoms with Gasteiger partial charge in [0.15, 0.2) is 0 Å². The van der Waals surface area contributed by atoms with Gasteiger partial charge in [-0.25, -0.2) is 0 Å². The van der Waals surface area contributed by atoms with E-state index in [-0.39, 0.29) is 5.70 Å². The van der Waals surface area contributed by atoms with Crippen LogP contribution in [0.1, 0.15) is 13.8 Å². The first-order chi connectivity index (χ1) is 8.64. The lowest BCUT2D eigenvalue weighted by molar-refractivity contribution is -0.234. The Labute approximate surface area is 110 Å². The summed E-state index contributed by atoms with van der Waals surface area (Å²) in [6.07, 6.45) is -16.7. The van der Waals surface area contributed by atoms with E-state index in [1.54, 1.807) is 0 Å². The lowest BCUT2D eigenvalue weighted by Crippen LogP contribution is -2.56. The van der Waals surface area contributed by atoms with Crippen LogP contribution in [-0.4, -0.2) is 26.6 Å². The maximum atomic E-state index is 12.7. The van der Waals surface area contributed by atoms with Crippen LogP contribution in [0.4, 0.5) is 39.5 Å². The standard InChI is InChI=1S/C10H13F9Si/c1-4-20(5-2,6(3)8(11,12)13)7(9(14,15)16)10(17,18)19/h4,6-7H,1,5H2,2-3H3. The minimum Gasteiger partial charge on any atom is -0.171 e. The Kier molecular flexibility index (Phi) is 5.42. The van der Waals surface area contributed by atoms with Crippen LogP contribution in [-0.2, 0) is 0 Å². The van der Waals surface area contributed by atoms with Crippen LogP contribution < -0.4 is 0 Å². The molecule has 0 aliphatic rings. The van der Waals surface area contributed by atoms with Gasteiger partial charge in [-0.05, 0) is 0 Å². The van der Waals surface area contributed by atoms with Crippen molar-refractivity contribution in [3.63, 3.8) is 0 Å². The molecule has 0 fully saturated rings. The molecule has 0 aromatic heterocycles. The van der Waals surface area contributed by atoms with Crippen molar-refractivity contribution >= 4 is 8.07 Å². The van der Waals surface area contributed by atoms with E-state index >= 15 is 0 Å². The third-order valence-corrected chi connectivity index (χ3v) is 9.14. The maximum Gasteiger partial charge on any atom is 0.398 e. The van der Waals surface area contributed by atoms with E-state index in [1.165, 1.54) is 0 Å². The molecule has 2 atom stereocenters. The summed E-state index contributed by atoms with van der Waals surface area (Å²) in [7, 11) is -4.99. The molecule has 0 rings (SSSR count). The van der Waals surface area contributed by atoms with Crippen molar-refractivity contribution in [3.05, 3.63) is 12.3 Å². The van der Waals surface area contributed by atoms with E-state index < -0.39 is 43.7 Å². The molecule has 0 spiro atoms. The third-order valence-electron chi connectivity index (χ3n) is 3.48. The van der Waals surface area contributed by atoms with E-state index in [0.29, 0.717) is 6.92 Å². The van der Waals surface area contributed by atoms with Crippen molar-refractivity contribution in [1.82, 2.24) is 0 Å². The molecule has 10 heteroatoms. The molecule has 0 aromatic rings. The molecule has 0 bridgehead atoms. The first-order valence-electron chi connectivity index (χ1n) is 5.48. The number of halogens is 9. The summed E-state index contributed by atoms with van der Waals surface area (Å²) in [4.78, 5) is 0. The molecular weight excluding hydrogens is 319 g/mol. The first kappa shape index (κ1) is 19.3. The number of rotatable bonds is 4. The average Bonchev–Trinajstić information content (AvgIpc) is 2.19. The number of hydrogen-bond donors (Lipinski definition) is 0. The van der Waals surface area contributed by atoms with E-state index in [0.717, 1.165) is 6.92 Å². The second-order valence-electron chi connectivity index (χ2n) is 4.45. The fourth-order valence-electron chi connectivity index (χ4n) is 2.30. The van der Waals surface area contributed by atoms with Gasteiger partial charge in [0.2, 0.25) is 0 Å². The first-order valence-corrected chi connectivity index (χ1v) is 7.92. The molecular formula is C10H13F9Si. The molecule has 0 N–H and O–H groups in total. The quantitative estimate of drug-likeness (QED) is 0.462. The topological polar surface area (TPSA) is 0 Å². The smallest absolute Gasteiger partial charge is 0.171 e. The average molecular weight is 332 g/mol. The fraction of sp³-hybridized carbons (Fsp3) is 0.800. The predicted molar refractivity (Wildman–Crippen MR) is 57.8 cm³/mol. The second kappa shape index (κ2) is 5.61. The second-order valence-corrected chi connectivity index (χ2v) is 9.23. The van der Waals surface area contributed by atoms with Crippen molar-refractivity contribution in [2.45, 2.75) is 49.5 Å². The van der Waals surface area contributed by atoms with Gasteiger partial charge in [-0.2, -0.15) is 39.5 Å². The van der Waals surface area contributed by atoms with Crippen LogP contribution in [0.3, 0.4) is 0 Å². The minimum absolute atomic E-state index is 0.261. The zero-order valence-corrected chi connectivity index (χ0v) is 11.5. The predicted octanol–water partition coefficient (Wildman–Crippen LogP) is 5.63. The highest BCUT2D eigenvalue weighted by atomic mass is 28.3. The molecule has 0 radical (unpaired) electrons. The van der Waals surface area contributed by atoms with Gasteiger partial charge in [0.05, 0.1) is 5.54 Å². The Morgan fingerprint density at radius 1 is 0.900 bits per heavy atom. The van der Waals surface area contributed by atoms with Gasteiger partial charge in [-0.15, -0.1) is 6.58 Å². The van der Waals surface area contributed by atoms with Gasteiger partial charge in [0.1, 0.15) is 13.6 Å². The van der Waals surface area contributed by atoms with Crippen LogP contribution in [0, 0.1) is 0 Å². The highest BCUT2D eigenvalue weighted by molar-refractivity contribution is 6.87. The summed E-state index contributed by atoms with van der Waals surface area (Å²) >= 11 is 0. The number of hydrogen-bond acceptors (Lipinski definition) is 0. The molecule has 0 saturated heterocycles. The summed E-state index contributed by atoms with van der Waals surface area (Å²) in [6, 6.07) is -0.860. The van der Waals surface area contributed by atoms with Gasteiger partial charge in [0, 0.05) is 0 Å². The van der Waals surface area contributed by atoms with Gasteiger partial charge in [-0.1, -0.05) is 25.6 Å². The van der Waals surface area contributed by atoms with Gasteiger partial charge in [-0.3, -0.25) is 0 Å². The van der Waals surface area contributed by atoms with Crippen molar-refractivity contribution < 1.29 is 39.5 Å². The molecule has 0 nitrogen and oxygen atoms in total. The van der Waals surface area contributed by atoms with Crippen LogP contribution in [0.25, 0.3) is 0 Å². The summed E-state index contributed by atoms with van der Waals surface area (Å²) in [6.45, 7) is 4.11. The van der Waals surface area contributed by atoms with Crippen molar-refractivity contribution in [3.8, 4) is 0 Å². The lowest BCUT2D eigenvalue weighted by atomic mass is 10.4. The molecule has 120 valence electrons. The van der Waals surface area contributed by atoms with Crippen molar-refractivity contribution in [2.75, 3.05) is 0 Å². The van der Waals surface area contributed by atoms with Crippen LogP contribution in [0.15, 0.2) is 12.3 Å². The summed E-state index contributed by atoms with van der Waals surface area (Å²) < 4.78 is 115. The maximum absolute atomic E-state index is 12.7. The minimum atomic E-state index is -5.80. The summed E-state index contributed by atoms with van der Waals surface area (Å²) in [5, 5.41) is 0. The van der Waals surface area contributed by atoms with Crippen LogP contribution in [0.2, 0.25) is 17.1 Å². The molecule has 0 aromatic carbocycles. The molecule has 0 aliphatic heterocycles. The molecule has 2 unspecified atom stereocenters. The van der Waals surface area contributed by atoms with Crippen LogP contribution in [0.5, 0.6) is 0 Å². The van der Waals surface area contributed by atoms with Crippen molar-refractivity contribution in [1.29, 1.82) is 0 Å². The Bertz CT molecular complexity index is 326. The van der Waals surface area contributed by atoms with E-state index in [1.807, 2.05) is 0 Å². The van der Waals surface area contributed by atoms with E-state index in [2.05, 4.69) is 6.58 Å². The Balaban J connectivity index is 6.18. The molecule has 0 saturated carbocycles. The fourth-order valence-corrected chi connectivity index (χ4v) is 6.53. The van der Waals surface area contributed by atoms with E-state index in [4.69, 9.17) is 0 Å². The van der Waals surface area contributed by atoms with Crippen LogP contribution >= 0.6 is 0 Å². The van der Waals surface area contributed by atoms with Crippen molar-refractivity contribution in [2.24, 2.45) is 0 Å².